The summed E-state index contributed by atoms with van der Waals surface area (Å²) < 4.78 is 9.99. The zero-order chi connectivity index (χ0) is 25.0. The van der Waals surface area contributed by atoms with Crippen molar-refractivity contribution in [1.82, 2.24) is 5.32 Å². The highest BCUT2D eigenvalue weighted by Crippen LogP contribution is 2.26. The number of nitrogens with zero attached hydrogens (tertiary/aromatic N) is 2. The zero-order valence-corrected chi connectivity index (χ0v) is 17.9. The standard InChI is InChI=1S/C11H12N2O4.C10H9NO5/c1-12-11(14)6-3-8-7-9(13(15)16)4-5-10(8)17-2;1-16-9-4-3-8(11(14)15)6-7(9)2-5-10(12)13/h3-7H,1-2H3,(H,12,14);2-6H,1H3,(H,12,13). The Hall–Kier alpha value is -4.74. The summed E-state index contributed by atoms with van der Waals surface area (Å²) in [5, 5.41) is 32.0. The van der Waals surface area contributed by atoms with E-state index in [1.807, 2.05) is 0 Å². The van der Waals surface area contributed by atoms with Crippen LogP contribution in [0.3, 0.4) is 0 Å². The van der Waals surface area contributed by atoms with Crippen LogP contribution in [0.5, 0.6) is 11.5 Å². The molecule has 0 spiro atoms. The van der Waals surface area contributed by atoms with E-state index in [9.17, 15) is 29.8 Å². The minimum Gasteiger partial charge on any atom is -0.496 e. The number of nitro groups is 2. The van der Waals surface area contributed by atoms with Crippen LogP contribution in [-0.4, -0.2) is 48.1 Å². The third-order valence-corrected chi connectivity index (χ3v) is 3.91. The Morgan fingerprint density at radius 2 is 1.30 bits per heavy atom. The Kier molecular flexibility index (Phi) is 10.2. The van der Waals surface area contributed by atoms with Gasteiger partial charge in [0.2, 0.25) is 5.91 Å². The van der Waals surface area contributed by atoms with Crippen molar-refractivity contribution in [2.75, 3.05) is 21.3 Å². The highest BCUT2D eigenvalue weighted by molar-refractivity contribution is 5.92. The number of amides is 1. The van der Waals surface area contributed by atoms with Gasteiger partial charge in [-0.15, -0.1) is 0 Å². The SMILES string of the molecule is CNC(=O)C=Cc1cc([N+](=O)[O-])ccc1OC.COc1ccc([N+](=O)[O-])cc1C=CC(=O)O. The number of non-ortho nitro benzene ring substituents is 2. The first-order valence-corrected chi connectivity index (χ1v) is 9.08. The summed E-state index contributed by atoms with van der Waals surface area (Å²) in [4.78, 5) is 41.4. The van der Waals surface area contributed by atoms with E-state index >= 15 is 0 Å². The second-order valence-electron chi connectivity index (χ2n) is 5.99. The summed E-state index contributed by atoms with van der Waals surface area (Å²) in [5.74, 6) is -0.578. The van der Waals surface area contributed by atoms with Gasteiger partial charge in [0, 0.05) is 54.6 Å². The number of carbonyl (C=O) groups excluding carboxylic acids is 1. The van der Waals surface area contributed by atoms with Crippen molar-refractivity contribution < 1.29 is 34.0 Å². The van der Waals surface area contributed by atoms with Gasteiger partial charge >= 0.3 is 5.97 Å². The van der Waals surface area contributed by atoms with Crippen LogP contribution in [0, 0.1) is 20.2 Å². The van der Waals surface area contributed by atoms with Crippen LogP contribution in [0.25, 0.3) is 12.2 Å². The molecule has 0 bridgehead atoms. The van der Waals surface area contributed by atoms with Crippen molar-refractivity contribution in [2.45, 2.75) is 0 Å². The maximum Gasteiger partial charge on any atom is 0.328 e. The first-order chi connectivity index (χ1) is 15.6. The smallest absolute Gasteiger partial charge is 0.328 e. The summed E-state index contributed by atoms with van der Waals surface area (Å²) in [6, 6.07) is 8.13. The molecule has 0 aromatic heterocycles. The fraction of sp³-hybridized carbons (Fsp3) is 0.143. The number of aliphatic carboxylic acids is 1. The minimum atomic E-state index is -1.13. The molecule has 0 aliphatic rings. The van der Waals surface area contributed by atoms with Crippen LogP contribution < -0.4 is 14.8 Å². The fourth-order valence-electron chi connectivity index (χ4n) is 2.34. The van der Waals surface area contributed by atoms with Crippen molar-refractivity contribution in [3.05, 3.63) is 79.9 Å². The van der Waals surface area contributed by atoms with Crippen molar-refractivity contribution in [3.63, 3.8) is 0 Å². The molecule has 2 rings (SSSR count). The van der Waals surface area contributed by atoms with E-state index in [2.05, 4.69) is 5.32 Å². The molecule has 0 radical (unpaired) electrons. The second kappa shape index (κ2) is 12.8. The van der Waals surface area contributed by atoms with Gasteiger partial charge in [0.15, 0.2) is 0 Å². The molecular weight excluding hydrogens is 438 g/mol. The number of hydrogen-bond donors (Lipinski definition) is 2. The maximum absolute atomic E-state index is 11.0. The number of nitrogens with one attached hydrogen (secondary N) is 1. The van der Waals surface area contributed by atoms with Crippen LogP contribution >= 0.6 is 0 Å². The number of carboxylic acid groups (broad SMARTS) is 1. The molecule has 0 saturated heterocycles. The largest absolute Gasteiger partial charge is 0.496 e. The van der Waals surface area contributed by atoms with E-state index in [0.717, 1.165) is 6.08 Å². The van der Waals surface area contributed by atoms with E-state index in [1.165, 1.54) is 75.9 Å². The number of carboxylic acids is 1. The lowest BCUT2D eigenvalue weighted by atomic mass is 10.1. The lowest BCUT2D eigenvalue weighted by molar-refractivity contribution is -0.385. The lowest BCUT2D eigenvalue weighted by Crippen LogP contribution is -2.13. The third kappa shape index (κ3) is 8.49. The van der Waals surface area contributed by atoms with E-state index < -0.39 is 15.8 Å². The molecule has 0 unspecified atom stereocenters. The van der Waals surface area contributed by atoms with Crippen LogP contribution in [0.4, 0.5) is 11.4 Å². The van der Waals surface area contributed by atoms with Gasteiger partial charge in [0.1, 0.15) is 11.5 Å². The number of likely N-dealkylation sites (N-methyl/N-ethyl adjacent to an activating group) is 1. The van der Waals surface area contributed by atoms with Crippen molar-refractivity contribution in [3.8, 4) is 11.5 Å². The molecule has 2 N–H and O–H groups in total. The predicted octanol–water partition coefficient (Wildman–Crippen LogP) is 3.06. The molecule has 0 heterocycles. The number of nitro benzene ring substituents is 2. The number of methoxy groups -OCH3 is 2. The third-order valence-electron chi connectivity index (χ3n) is 3.91. The van der Waals surface area contributed by atoms with Crippen LogP contribution in [-0.2, 0) is 9.59 Å². The Bertz CT molecular complexity index is 1090. The number of ether oxygens (including phenoxy) is 2. The molecule has 12 nitrogen and oxygen atoms in total. The Morgan fingerprint density at radius 1 is 0.879 bits per heavy atom. The van der Waals surface area contributed by atoms with Gasteiger partial charge in [-0.3, -0.25) is 25.0 Å². The Labute approximate surface area is 188 Å². The van der Waals surface area contributed by atoms with E-state index in [4.69, 9.17) is 14.6 Å². The first-order valence-electron chi connectivity index (χ1n) is 9.08. The second-order valence-corrected chi connectivity index (χ2v) is 5.99. The molecule has 0 aliphatic carbocycles. The fourth-order valence-corrected chi connectivity index (χ4v) is 2.34. The van der Waals surface area contributed by atoms with Crippen molar-refractivity contribution >= 4 is 35.4 Å². The quantitative estimate of drug-likeness (QED) is 0.342. The summed E-state index contributed by atoms with van der Waals surface area (Å²) in [6.07, 6.45) is 4.88. The van der Waals surface area contributed by atoms with Gasteiger partial charge in [-0.1, -0.05) is 0 Å². The van der Waals surface area contributed by atoms with Gasteiger partial charge < -0.3 is 19.9 Å². The molecule has 0 fully saturated rings. The molecule has 0 saturated carbocycles. The number of hydrogen-bond acceptors (Lipinski definition) is 8. The zero-order valence-electron chi connectivity index (χ0n) is 17.9. The van der Waals surface area contributed by atoms with Gasteiger partial charge in [-0.05, 0) is 24.3 Å². The molecule has 1 amide bonds. The summed E-state index contributed by atoms with van der Waals surface area (Å²) in [6.45, 7) is 0. The maximum atomic E-state index is 11.0. The Balaban J connectivity index is 0.000000331. The first kappa shape index (κ1) is 26.3. The van der Waals surface area contributed by atoms with Crippen LogP contribution in [0.15, 0.2) is 48.6 Å². The van der Waals surface area contributed by atoms with Crippen molar-refractivity contribution in [2.24, 2.45) is 0 Å². The number of carbonyl (C=O) groups is 2. The van der Waals surface area contributed by atoms with Crippen molar-refractivity contribution in [1.29, 1.82) is 0 Å². The summed E-state index contributed by atoms with van der Waals surface area (Å²) in [5.41, 5.74) is 0.651. The van der Waals surface area contributed by atoms with Crippen LogP contribution in [0.2, 0.25) is 0 Å². The molecule has 174 valence electrons. The molecule has 33 heavy (non-hydrogen) atoms. The van der Waals surface area contributed by atoms with Gasteiger partial charge in [0.05, 0.1) is 24.1 Å². The van der Waals surface area contributed by atoms with Gasteiger partial charge in [0.25, 0.3) is 11.4 Å². The molecule has 2 aromatic rings. The van der Waals surface area contributed by atoms with E-state index in [-0.39, 0.29) is 17.3 Å². The normalized spacial score (nSPS) is 10.3. The average molecular weight is 459 g/mol. The summed E-state index contributed by atoms with van der Waals surface area (Å²) in [7, 11) is 4.36. The monoisotopic (exact) mass is 459 g/mol. The molecule has 0 atom stereocenters. The topological polar surface area (TPSA) is 171 Å². The molecule has 0 aliphatic heterocycles. The highest BCUT2D eigenvalue weighted by Gasteiger charge is 2.10. The average Bonchev–Trinajstić information content (AvgIpc) is 2.80. The molecular formula is C21H21N3O9. The summed E-state index contributed by atoms with van der Waals surface area (Å²) >= 11 is 0. The van der Waals surface area contributed by atoms with Gasteiger partial charge in [-0.2, -0.15) is 0 Å². The van der Waals surface area contributed by atoms with E-state index in [0.29, 0.717) is 22.6 Å². The molecule has 12 heteroatoms. The number of benzene rings is 2. The molecule has 2 aromatic carbocycles. The minimum absolute atomic E-state index is 0.0534. The van der Waals surface area contributed by atoms with E-state index in [1.54, 1.807) is 0 Å². The van der Waals surface area contributed by atoms with Gasteiger partial charge in [-0.25, -0.2) is 4.79 Å². The predicted molar refractivity (Wildman–Crippen MR) is 119 cm³/mol. The number of rotatable bonds is 8. The highest BCUT2D eigenvalue weighted by atomic mass is 16.6. The lowest BCUT2D eigenvalue weighted by Gasteiger charge is -2.03. The Morgan fingerprint density at radius 3 is 1.64 bits per heavy atom. The van der Waals surface area contributed by atoms with Crippen LogP contribution in [0.1, 0.15) is 11.1 Å².